The Morgan fingerprint density at radius 2 is 0.819 bits per heavy atom. The fourth-order valence-electron chi connectivity index (χ4n) is 12.6. The van der Waals surface area contributed by atoms with Crippen molar-refractivity contribution in [2.24, 2.45) is 35.1 Å². The van der Waals surface area contributed by atoms with Crippen LogP contribution in [0.15, 0.2) is 73.3 Å². The van der Waals surface area contributed by atoms with Crippen LogP contribution in [0.3, 0.4) is 0 Å². The largest absolute Gasteiger partial charge is 1.00 e. The van der Waals surface area contributed by atoms with Crippen molar-refractivity contribution in [3.8, 4) is 0 Å². The first kappa shape index (κ1) is 149. The number of imide groups is 1. The van der Waals surface area contributed by atoms with Crippen LogP contribution in [0.5, 0.6) is 0 Å². The van der Waals surface area contributed by atoms with Crippen LogP contribution in [0.2, 0.25) is 51.4 Å². The number of hydroxylamine groups is 2. The number of aliphatic hydroxyl groups excluding tert-OH is 1. The van der Waals surface area contributed by atoms with E-state index < -0.39 is 152 Å². The molecule has 0 bridgehead atoms. The van der Waals surface area contributed by atoms with Gasteiger partial charge in [0.25, 0.3) is 11.8 Å². The molecule has 47 heteroatoms. The molecule has 7 rings (SSSR count). The molecule has 9 atom stereocenters. The number of rotatable bonds is 28. The Morgan fingerprint density at radius 1 is 0.470 bits per heavy atom. The smallest absolute Gasteiger partial charge is 0.870 e. The van der Waals surface area contributed by atoms with Gasteiger partial charge in [-0.3, -0.25) is 48.1 Å². The molecule has 0 aliphatic carbocycles. The van der Waals surface area contributed by atoms with E-state index in [-0.39, 0.29) is 150 Å². The van der Waals surface area contributed by atoms with Crippen LogP contribution in [-0.2, 0) is 110 Å². The van der Waals surface area contributed by atoms with Crippen LogP contribution < -0.4 is 46.3 Å². The second-order valence-electron chi connectivity index (χ2n) is 41.0. The SMILES string of the molecule is C=CC(=O)OCC.CCN(CC)CC.CCO.CCOC(=O)C1CN(C(=O)OC(C)(C)C)CC1=O.CCOC(=O)CNC(=O)OC(C)(C)C.CCOC(=O)[C@@H]1CN(C(=O)OC(C)(C)C)C[C@H]1N.CCOC(=O)[C@@H]1CN(C(=O)OC(C)(C)C)C[C@H]1NC(=O)OCC[Si](C)(C)C.CCOC(=O)[C@@H]1CN(C(=O)OC(C)(C)C)C[C@H]1N[C@H](C)c1ccccc1.C[C@@H](N)c1ccccc1.C[Si](C)(C)CCOC(=O)ON1C(=O)CCC1=O.O.[Li+].[OH-]. The van der Waals surface area contributed by atoms with E-state index in [1.807, 2.05) is 95.3 Å². The summed E-state index contributed by atoms with van der Waals surface area (Å²) in [4.78, 5) is 198. The molecule has 0 aromatic heterocycles. The fourth-order valence-corrected chi connectivity index (χ4v) is 14.0. The Morgan fingerprint density at radius 3 is 1.17 bits per heavy atom. The molecule has 11 N–H and O–H groups in total. The minimum absolute atomic E-state index is 0. The maximum atomic E-state index is 12.4. The van der Waals surface area contributed by atoms with Gasteiger partial charge < -0.3 is 125 Å². The van der Waals surface area contributed by atoms with Gasteiger partial charge in [-0.2, -0.15) is 0 Å². The number of ketones is 1. The molecular weight excluding hydrogens is 1970 g/mol. The molecule has 5 heterocycles. The van der Waals surface area contributed by atoms with Crippen LogP contribution in [0, 0.1) is 23.7 Å². The summed E-state index contributed by atoms with van der Waals surface area (Å²) in [5.74, 6) is -6.20. The average Bonchev–Trinajstić information content (AvgIpc) is 1.68. The van der Waals surface area contributed by atoms with E-state index in [2.05, 4.69) is 102 Å². The van der Waals surface area contributed by atoms with Crippen LogP contribution in [-0.4, -0.2) is 342 Å². The summed E-state index contributed by atoms with van der Waals surface area (Å²) in [5.41, 5.74) is 10.8. The molecular formula is C102H182LiN11O33Si2. The number of likely N-dealkylation sites (tertiary alicyclic amines) is 4. The van der Waals surface area contributed by atoms with Gasteiger partial charge in [0.15, 0.2) is 5.78 Å². The number of alkyl carbamates (subject to hydrolysis) is 2. The quantitative estimate of drug-likeness (QED) is 0.0115. The molecule has 44 nitrogen and oxygen atoms in total. The third-order valence-electron chi connectivity index (χ3n) is 19.7. The Labute approximate surface area is 897 Å². The number of ether oxygens (including phenoxy) is 13. The fraction of sp³-hybridized carbons (Fsp3) is 0.706. The van der Waals surface area contributed by atoms with Gasteiger partial charge in [-0.05, 0) is 209 Å². The van der Waals surface area contributed by atoms with Gasteiger partial charge in [0.05, 0.1) is 83.2 Å². The maximum absolute atomic E-state index is 12.4. The number of benzene rings is 2. The molecule has 5 fully saturated rings. The van der Waals surface area contributed by atoms with Gasteiger partial charge in [-0.25, -0.2) is 38.4 Å². The number of carbonyl (C=O) groups excluding carboxylic acids is 16. The molecule has 8 amide bonds. The zero-order valence-electron chi connectivity index (χ0n) is 95.4. The summed E-state index contributed by atoms with van der Waals surface area (Å²) in [6.45, 7) is 73.1. The van der Waals surface area contributed by atoms with E-state index in [4.69, 9.17) is 68.7 Å². The average molecular weight is 2150 g/mol. The second-order valence-corrected chi connectivity index (χ2v) is 52.2. The van der Waals surface area contributed by atoms with E-state index in [1.54, 1.807) is 136 Å². The first-order valence-electron chi connectivity index (χ1n) is 49.9. The predicted octanol–water partition coefficient (Wildman–Crippen LogP) is 10.1. The zero-order valence-corrected chi connectivity index (χ0v) is 97.4. The summed E-state index contributed by atoms with van der Waals surface area (Å²) >= 11 is 0. The Hall–Kier alpha value is -10.5. The standard InChI is InChI=1S/C20H30N2O4.C18H34N2O6Si.C12H22N2O4.C12H19NO5.C10H17NO5Si.C9H17NO4.C8H11N.C6H15N.C5H8O2.C2H6O.Li.2H2O/c1-6-25-18(23)16-12-22(19(24)26-20(3,4)5)13-17(16)21-14(2)15-10-8-7-9-11-15;1-8-24-15(21)13-11-20(17(23)26-18(2,3)4)12-14(13)19-16(22)25-9-10-27(5,6)7;1-5-17-10(15)8-6-14(7-9(8)13)11(16)18-12(2,3)4;1-5-17-10(15)8-6-13(7-9(8)14)11(16)18-12(2,3)4;1-17(2,3)7-6-15-10(14)16-11-8(12)4-5-9(11)13;1-5-13-7(11)6-10-8(12)14-9(2,3)4;1-7(9)8-5-3-2-4-6-8;1-4-7(5-2)6-3;1-3-5(6)7-4-2;1-2-3;;;/h7-11,14,16-17,21H,6,12-13H2,1-5H3;13-14H,8-12H2,1-7H3,(H,19,22);8-9H,5-7,13H2,1-4H3;8H,5-7H2,1-4H3;4-7H2,1-3H3;5-6H2,1-4H3,(H,10,12);2-7H,9H2,1H3;4-6H2,1-3H3;3H,1,4H2,2H3;3H,2H2,1H3;;2*1H2/q;;;;;;;;;;+1;;/p-1/t14-,16-,17-;13-,14-;8-,9-;;;;7-;;;;;;/m111...1....../s1. The van der Waals surface area contributed by atoms with Gasteiger partial charge in [-0.15, -0.1) is 0 Å². The maximum Gasteiger partial charge on any atom is 1.00 e. The van der Waals surface area contributed by atoms with Crippen molar-refractivity contribution >= 4 is 112 Å². The summed E-state index contributed by atoms with van der Waals surface area (Å²) in [7, 11) is -2.58. The molecule has 1 unspecified atom stereocenters. The molecule has 2 aromatic rings. The number of nitrogens with zero attached hydrogens (tertiary/aromatic N) is 6. The molecule has 0 spiro atoms. The predicted molar refractivity (Wildman–Crippen MR) is 563 cm³/mol. The number of carbonyl (C=O) groups is 16. The molecule has 0 saturated carbocycles. The number of aliphatic hydroxyl groups is 1. The van der Waals surface area contributed by atoms with Gasteiger partial charge in [0.1, 0.15) is 40.5 Å². The summed E-state index contributed by atoms with van der Waals surface area (Å²) < 4.78 is 65.2. The van der Waals surface area contributed by atoms with Crippen molar-refractivity contribution in [3.05, 3.63) is 84.4 Å². The minimum Gasteiger partial charge on any atom is -0.870 e. The van der Waals surface area contributed by atoms with Crippen molar-refractivity contribution in [2.75, 3.05) is 138 Å². The normalized spacial score (nSPS) is 17.3. The summed E-state index contributed by atoms with van der Waals surface area (Å²) in [6, 6.07) is 20.8. The van der Waals surface area contributed by atoms with Crippen LogP contribution >= 0.6 is 0 Å². The topological polar surface area (TPSA) is 592 Å². The van der Waals surface area contributed by atoms with Crippen LogP contribution in [0.25, 0.3) is 0 Å². The van der Waals surface area contributed by atoms with E-state index in [1.165, 1.54) is 39.9 Å². The first-order chi connectivity index (χ1) is 67.5. The Bertz CT molecular complexity index is 4250. The van der Waals surface area contributed by atoms with E-state index in [0.29, 0.717) is 57.7 Å². The summed E-state index contributed by atoms with van der Waals surface area (Å²) in [6.07, 6.45) is -2.83. The first-order valence-corrected chi connectivity index (χ1v) is 57.3. The van der Waals surface area contributed by atoms with Crippen molar-refractivity contribution in [3.63, 3.8) is 0 Å². The number of nitrogens with two attached hydrogens (primary N) is 2. The van der Waals surface area contributed by atoms with Crippen molar-refractivity contribution in [1.82, 2.24) is 45.5 Å². The molecule has 852 valence electrons. The number of hydrogen-bond acceptors (Lipinski definition) is 36. The second kappa shape index (κ2) is 76.0. The van der Waals surface area contributed by atoms with E-state index >= 15 is 0 Å². The third-order valence-corrected chi connectivity index (χ3v) is 23.1. The van der Waals surface area contributed by atoms with Crippen molar-refractivity contribution < 1.29 is 178 Å². The van der Waals surface area contributed by atoms with Crippen molar-refractivity contribution in [1.29, 1.82) is 0 Å². The van der Waals surface area contributed by atoms with Gasteiger partial charge in [0.2, 0.25) is 0 Å². The van der Waals surface area contributed by atoms with Gasteiger partial charge in [-0.1, -0.05) is 132 Å². The monoisotopic (exact) mass is 2150 g/mol. The van der Waals surface area contributed by atoms with E-state index in [0.717, 1.165) is 23.7 Å². The Kier molecular flexibility index (Phi) is 76.1. The third kappa shape index (κ3) is 71.0. The van der Waals surface area contributed by atoms with Gasteiger partial charge >= 0.3 is 97.4 Å². The van der Waals surface area contributed by atoms with E-state index in [9.17, 15) is 76.7 Å². The molecule has 5 aliphatic heterocycles. The Balaban J connectivity index is -0.000000394. The molecule has 2 aromatic carbocycles. The molecule has 0 radical (unpaired) electrons. The minimum atomic E-state index is -1.31. The molecule has 5 aliphatic rings. The number of esters is 6. The number of Topliss-reactive ketones (excluding diaryl/α,β-unsaturated/α-hetero) is 1. The molecule has 149 heavy (non-hydrogen) atoms. The van der Waals surface area contributed by atoms with Crippen LogP contribution in [0.4, 0.5) is 33.6 Å². The number of amides is 8. The van der Waals surface area contributed by atoms with Crippen molar-refractivity contribution in [2.45, 2.75) is 309 Å². The zero-order chi connectivity index (χ0) is 113. The number of nitrogens with one attached hydrogen (secondary N) is 3. The summed E-state index contributed by atoms with van der Waals surface area (Å²) in [5, 5.41) is 16.5. The van der Waals surface area contributed by atoms with Gasteiger partial charge in [0, 0.05) is 112 Å². The van der Waals surface area contributed by atoms with Crippen LogP contribution in [0.1, 0.15) is 223 Å². The molecule has 5 saturated heterocycles. The number of hydrogen-bond donors (Lipinski definition) is 6.